The van der Waals surface area contributed by atoms with E-state index in [0.29, 0.717) is 12.2 Å². The summed E-state index contributed by atoms with van der Waals surface area (Å²) in [6.07, 6.45) is 0. The predicted molar refractivity (Wildman–Crippen MR) is 120 cm³/mol. The van der Waals surface area contributed by atoms with Crippen molar-refractivity contribution in [2.75, 3.05) is 43.1 Å². The zero-order valence-electron chi connectivity index (χ0n) is 17.4. The zero-order chi connectivity index (χ0) is 21.1. The molecule has 158 valence electrons. The molecule has 1 N–H and O–H groups in total. The molecule has 0 bridgehead atoms. The van der Waals surface area contributed by atoms with Crippen LogP contribution < -0.4 is 10.2 Å². The number of carbonyl (C=O) groups excluding carboxylic acids is 2. The van der Waals surface area contributed by atoms with Crippen LogP contribution in [0.4, 0.5) is 11.4 Å². The van der Waals surface area contributed by atoms with Crippen molar-refractivity contribution in [2.24, 2.45) is 0 Å². The lowest BCUT2D eigenvalue weighted by Gasteiger charge is -2.38. The molecule has 2 aliphatic heterocycles. The van der Waals surface area contributed by atoms with E-state index in [9.17, 15) is 9.59 Å². The number of thioether (sulfide) groups is 1. The molecule has 0 aromatic heterocycles. The van der Waals surface area contributed by atoms with Crippen LogP contribution in [0.15, 0.2) is 53.4 Å². The van der Waals surface area contributed by atoms with Gasteiger partial charge in [0, 0.05) is 36.8 Å². The number of morpholine rings is 1. The number of hydrogen-bond acceptors (Lipinski definition) is 5. The summed E-state index contributed by atoms with van der Waals surface area (Å²) >= 11 is 1.32. The first-order chi connectivity index (χ1) is 14.5. The predicted octanol–water partition coefficient (Wildman–Crippen LogP) is 3.37. The molecule has 1 fully saturated rings. The van der Waals surface area contributed by atoms with Crippen molar-refractivity contribution in [3.63, 3.8) is 0 Å². The number of benzene rings is 2. The quantitative estimate of drug-likeness (QED) is 0.745. The highest BCUT2D eigenvalue weighted by Crippen LogP contribution is 2.45. The van der Waals surface area contributed by atoms with Gasteiger partial charge in [-0.05, 0) is 43.7 Å². The molecule has 2 aromatic rings. The van der Waals surface area contributed by atoms with E-state index in [4.69, 9.17) is 4.74 Å². The lowest BCUT2D eigenvalue weighted by atomic mass is 10.1. The van der Waals surface area contributed by atoms with E-state index >= 15 is 0 Å². The Morgan fingerprint density at radius 3 is 2.70 bits per heavy atom. The molecule has 0 spiro atoms. The third kappa shape index (κ3) is 4.10. The molecule has 2 aromatic carbocycles. The smallest absolute Gasteiger partial charge is 0.252 e. The Morgan fingerprint density at radius 2 is 1.93 bits per heavy atom. The summed E-state index contributed by atoms with van der Waals surface area (Å²) in [7, 11) is 0. The number of nitrogens with zero attached hydrogens (tertiary/aromatic N) is 2. The number of hydrogen-bond donors (Lipinski definition) is 1. The number of para-hydroxylation sites is 1. The molecule has 2 amide bonds. The normalized spacial score (nSPS) is 21.9. The number of anilines is 2. The molecule has 7 heteroatoms. The Balaban J connectivity index is 1.52. The van der Waals surface area contributed by atoms with Gasteiger partial charge in [-0.15, -0.1) is 0 Å². The molecular weight excluding hydrogens is 398 g/mol. The molecule has 4 rings (SSSR count). The van der Waals surface area contributed by atoms with Gasteiger partial charge in [-0.1, -0.05) is 36.0 Å². The van der Waals surface area contributed by atoms with E-state index in [1.807, 2.05) is 49.4 Å². The number of amides is 2. The molecule has 1 saturated heterocycles. The van der Waals surface area contributed by atoms with Crippen LogP contribution in [-0.4, -0.2) is 54.3 Å². The monoisotopic (exact) mass is 425 g/mol. The molecule has 1 unspecified atom stereocenters. The summed E-state index contributed by atoms with van der Waals surface area (Å²) in [6, 6.07) is 15.6. The van der Waals surface area contributed by atoms with Crippen LogP contribution in [0.25, 0.3) is 0 Å². The Hall–Kier alpha value is -2.35. The van der Waals surface area contributed by atoms with Gasteiger partial charge in [0.05, 0.1) is 18.9 Å². The molecule has 6 nitrogen and oxygen atoms in total. The van der Waals surface area contributed by atoms with E-state index in [1.54, 1.807) is 11.8 Å². The summed E-state index contributed by atoms with van der Waals surface area (Å²) < 4.78 is 4.19. The summed E-state index contributed by atoms with van der Waals surface area (Å²) in [5, 5.41) is 2.99. The molecular formula is C23H27N3O3S. The first kappa shape index (κ1) is 20.9. The Morgan fingerprint density at radius 1 is 1.17 bits per heavy atom. The zero-order valence-corrected chi connectivity index (χ0v) is 18.2. The number of carbonyl (C=O) groups is 2. The largest absolute Gasteiger partial charge is 0.379 e. The molecule has 0 aliphatic carbocycles. The van der Waals surface area contributed by atoms with Crippen LogP contribution >= 0.6 is 11.8 Å². The van der Waals surface area contributed by atoms with Crippen molar-refractivity contribution in [1.82, 2.24) is 4.90 Å². The third-order valence-electron chi connectivity index (χ3n) is 5.57. The topological polar surface area (TPSA) is 61.9 Å². The fourth-order valence-corrected chi connectivity index (χ4v) is 5.08. The van der Waals surface area contributed by atoms with Gasteiger partial charge in [0.25, 0.3) is 5.91 Å². The lowest BCUT2D eigenvalue weighted by Crippen LogP contribution is -2.54. The van der Waals surface area contributed by atoms with E-state index in [1.165, 1.54) is 11.8 Å². The number of rotatable bonds is 5. The number of nitrogens with one attached hydrogen (secondary N) is 1. The van der Waals surface area contributed by atoms with Gasteiger partial charge >= 0.3 is 0 Å². The van der Waals surface area contributed by atoms with E-state index in [0.717, 1.165) is 49.0 Å². The molecule has 30 heavy (non-hydrogen) atoms. The van der Waals surface area contributed by atoms with E-state index in [2.05, 4.69) is 16.3 Å². The Bertz CT molecular complexity index is 945. The summed E-state index contributed by atoms with van der Waals surface area (Å²) in [5.41, 5.74) is 2.71. The molecule has 0 saturated carbocycles. The SMILES string of the molecule is CCN1C(=O)C(C)(C(=O)Nc2cccc(CN3CCOCC3)c2)Sc2ccccc21. The van der Waals surface area contributed by atoms with Crippen LogP contribution in [0.1, 0.15) is 19.4 Å². The standard InChI is InChI=1S/C23H27N3O3S/c1-3-26-19-9-4-5-10-20(19)30-23(2,22(26)28)21(27)24-18-8-6-7-17(15-18)16-25-11-13-29-14-12-25/h4-10,15H,3,11-14,16H2,1-2H3,(H,24,27). The van der Waals surface area contributed by atoms with Crippen molar-refractivity contribution in [2.45, 2.75) is 30.0 Å². The highest BCUT2D eigenvalue weighted by molar-refractivity contribution is 8.02. The van der Waals surface area contributed by atoms with Crippen molar-refractivity contribution in [3.05, 3.63) is 54.1 Å². The van der Waals surface area contributed by atoms with Crippen molar-refractivity contribution >= 4 is 35.0 Å². The Labute approximate surface area is 181 Å². The first-order valence-corrected chi connectivity index (χ1v) is 11.1. The molecule has 1 atom stereocenters. The molecule has 2 aliphatic rings. The maximum absolute atomic E-state index is 13.3. The summed E-state index contributed by atoms with van der Waals surface area (Å²) in [6.45, 7) is 8.30. The van der Waals surface area contributed by atoms with Gasteiger partial charge in [-0.3, -0.25) is 14.5 Å². The molecule has 2 heterocycles. The van der Waals surface area contributed by atoms with Crippen LogP contribution in [0, 0.1) is 0 Å². The average Bonchev–Trinajstić information content (AvgIpc) is 2.75. The second kappa shape index (κ2) is 8.79. The third-order valence-corrected chi connectivity index (χ3v) is 6.90. The summed E-state index contributed by atoms with van der Waals surface area (Å²) in [4.78, 5) is 31.5. The van der Waals surface area contributed by atoms with Gasteiger partial charge in [-0.25, -0.2) is 0 Å². The first-order valence-electron chi connectivity index (χ1n) is 10.3. The minimum Gasteiger partial charge on any atom is -0.379 e. The van der Waals surface area contributed by atoms with Gasteiger partial charge in [0.2, 0.25) is 5.91 Å². The van der Waals surface area contributed by atoms with Crippen molar-refractivity contribution in [3.8, 4) is 0 Å². The highest BCUT2D eigenvalue weighted by atomic mass is 32.2. The number of fused-ring (bicyclic) bond motifs is 1. The van der Waals surface area contributed by atoms with Crippen molar-refractivity contribution < 1.29 is 14.3 Å². The maximum atomic E-state index is 13.3. The van der Waals surface area contributed by atoms with Crippen LogP contribution in [0.2, 0.25) is 0 Å². The van der Waals surface area contributed by atoms with Crippen molar-refractivity contribution in [1.29, 1.82) is 0 Å². The Kier molecular flexibility index (Phi) is 6.13. The fraction of sp³-hybridized carbons (Fsp3) is 0.391. The van der Waals surface area contributed by atoms with E-state index < -0.39 is 4.75 Å². The second-order valence-electron chi connectivity index (χ2n) is 7.70. The fourth-order valence-electron chi connectivity index (χ4n) is 3.87. The number of ether oxygens (including phenoxy) is 1. The van der Waals surface area contributed by atoms with Gasteiger partial charge in [-0.2, -0.15) is 0 Å². The van der Waals surface area contributed by atoms with Gasteiger partial charge in [0.15, 0.2) is 4.75 Å². The van der Waals surface area contributed by atoms with Crippen LogP contribution in [-0.2, 0) is 20.9 Å². The second-order valence-corrected chi connectivity index (χ2v) is 9.16. The maximum Gasteiger partial charge on any atom is 0.252 e. The van der Waals surface area contributed by atoms with Gasteiger partial charge in [0.1, 0.15) is 0 Å². The molecule has 0 radical (unpaired) electrons. The minimum absolute atomic E-state index is 0.185. The van der Waals surface area contributed by atoms with Gasteiger partial charge < -0.3 is 15.0 Å². The average molecular weight is 426 g/mol. The highest BCUT2D eigenvalue weighted by Gasteiger charge is 2.48. The lowest BCUT2D eigenvalue weighted by molar-refractivity contribution is -0.128. The summed E-state index contributed by atoms with van der Waals surface area (Å²) in [5.74, 6) is -0.482. The van der Waals surface area contributed by atoms with Crippen LogP contribution in [0.5, 0.6) is 0 Å². The minimum atomic E-state index is -1.22. The van der Waals surface area contributed by atoms with Crippen LogP contribution in [0.3, 0.4) is 0 Å². The van der Waals surface area contributed by atoms with E-state index in [-0.39, 0.29) is 11.8 Å².